The molecule has 6 nitrogen and oxygen atoms in total. The fraction of sp³-hybridized carbons (Fsp3) is 0.267. The second-order valence-corrected chi connectivity index (χ2v) is 7.51. The molecule has 3 rings (SSSR count). The van der Waals surface area contributed by atoms with Crippen LogP contribution in [0.1, 0.15) is 0 Å². The highest BCUT2D eigenvalue weighted by Crippen LogP contribution is 2.23. The summed E-state index contributed by atoms with van der Waals surface area (Å²) in [4.78, 5) is 33.5. The predicted octanol–water partition coefficient (Wildman–Crippen LogP) is 1.70. The molecule has 1 aliphatic rings. The SMILES string of the molecule is O=C(CSc1ncnc2ccccc12)NCCN1C(=O)CSC1=S. The van der Waals surface area contributed by atoms with Crippen LogP contribution < -0.4 is 5.32 Å². The lowest BCUT2D eigenvalue weighted by Crippen LogP contribution is -2.37. The van der Waals surface area contributed by atoms with Crippen LogP contribution in [0.5, 0.6) is 0 Å². The van der Waals surface area contributed by atoms with Gasteiger partial charge in [-0.2, -0.15) is 0 Å². The molecule has 0 spiro atoms. The second kappa shape index (κ2) is 7.91. The number of hydrogen-bond donors (Lipinski definition) is 1. The van der Waals surface area contributed by atoms with Crippen LogP contribution in [-0.4, -0.2) is 55.6 Å². The average molecular weight is 379 g/mol. The van der Waals surface area contributed by atoms with Crippen molar-refractivity contribution >= 4 is 62.8 Å². The van der Waals surface area contributed by atoms with E-state index in [4.69, 9.17) is 12.2 Å². The Balaban J connectivity index is 1.49. The first-order valence-corrected chi connectivity index (χ1v) is 9.59. The lowest BCUT2D eigenvalue weighted by Gasteiger charge is -2.15. The number of benzene rings is 1. The van der Waals surface area contributed by atoms with Gasteiger partial charge >= 0.3 is 0 Å². The van der Waals surface area contributed by atoms with Gasteiger partial charge in [-0.15, -0.1) is 0 Å². The van der Waals surface area contributed by atoms with Crippen LogP contribution >= 0.6 is 35.7 Å². The average Bonchev–Trinajstić information content (AvgIpc) is 2.92. The second-order valence-electron chi connectivity index (χ2n) is 4.93. The van der Waals surface area contributed by atoms with Gasteiger partial charge in [0, 0.05) is 18.5 Å². The highest BCUT2D eigenvalue weighted by molar-refractivity contribution is 8.23. The highest BCUT2D eigenvalue weighted by atomic mass is 32.2. The molecule has 1 aromatic carbocycles. The molecule has 2 heterocycles. The first-order valence-electron chi connectivity index (χ1n) is 7.21. The van der Waals surface area contributed by atoms with Gasteiger partial charge in [-0.05, 0) is 6.07 Å². The molecule has 1 fully saturated rings. The first-order chi connectivity index (χ1) is 11.6. The number of nitrogens with one attached hydrogen (secondary N) is 1. The highest BCUT2D eigenvalue weighted by Gasteiger charge is 2.25. The number of aromatic nitrogens is 2. The molecule has 9 heteroatoms. The minimum Gasteiger partial charge on any atom is -0.354 e. The maximum atomic E-state index is 12.0. The van der Waals surface area contributed by atoms with Crippen LogP contribution in [0.3, 0.4) is 0 Å². The molecule has 2 amide bonds. The van der Waals surface area contributed by atoms with Crippen molar-refractivity contribution in [2.24, 2.45) is 0 Å². The van der Waals surface area contributed by atoms with Crippen molar-refractivity contribution in [3.05, 3.63) is 30.6 Å². The summed E-state index contributed by atoms with van der Waals surface area (Å²) in [5.41, 5.74) is 0.856. The number of nitrogens with zero attached hydrogens (tertiary/aromatic N) is 3. The van der Waals surface area contributed by atoms with E-state index in [1.807, 2.05) is 24.3 Å². The molecular formula is C15H14N4O2S3. The number of thioether (sulfide) groups is 2. The van der Waals surface area contributed by atoms with Crippen molar-refractivity contribution in [1.29, 1.82) is 0 Å². The van der Waals surface area contributed by atoms with E-state index in [2.05, 4.69) is 15.3 Å². The summed E-state index contributed by atoms with van der Waals surface area (Å²) in [7, 11) is 0. The predicted molar refractivity (Wildman–Crippen MR) is 100 cm³/mol. The molecule has 124 valence electrons. The molecule has 0 radical (unpaired) electrons. The molecule has 2 aromatic rings. The topological polar surface area (TPSA) is 75.2 Å². The minimum atomic E-state index is -0.104. The third-order valence-corrected chi connectivity index (χ3v) is 5.78. The van der Waals surface area contributed by atoms with Gasteiger partial charge in [0.2, 0.25) is 11.8 Å². The van der Waals surface area contributed by atoms with Crippen LogP contribution in [0.4, 0.5) is 0 Å². The Labute approximate surface area is 152 Å². The molecule has 1 saturated heterocycles. The molecular weight excluding hydrogens is 364 g/mol. The molecule has 24 heavy (non-hydrogen) atoms. The Kier molecular flexibility index (Phi) is 5.64. The fourth-order valence-corrected chi connectivity index (χ4v) is 4.13. The Hall–Kier alpha value is -1.71. The molecule has 1 aliphatic heterocycles. The van der Waals surface area contributed by atoms with E-state index in [0.717, 1.165) is 15.9 Å². The fourth-order valence-electron chi connectivity index (χ4n) is 2.18. The Morgan fingerprint density at radius 1 is 1.38 bits per heavy atom. The number of amides is 2. The third-order valence-electron chi connectivity index (χ3n) is 3.34. The largest absolute Gasteiger partial charge is 0.354 e. The first kappa shape index (κ1) is 17.1. The van der Waals surface area contributed by atoms with E-state index in [1.54, 1.807) is 0 Å². The van der Waals surface area contributed by atoms with Crippen LogP contribution in [0.2, 0.25) is 0 Å². The van der Waals surface area contributed by atoms with Gasteiger partial charge in [-0.25, -0.2) is 9.97 Å². The number of para-hydroxylation sites is 1. The summed E-state index contributed by atoms with van der Waals surface area (Å²) in [5, 5.41) is 4.52. The maximum absolute atomic E-state index is 12.0. The molecule has 0 atom stereocenters. The number of fused-ring (bicyclic) bond motifs is 1. The number of rotatable bonds is 6. The van der Waals surface area contributed by atoms with Crippen molar-refractivity contribution in [3.63, 3.8) is 0 Å². The van der Waals surface area contributed by atoms with E-state index >= 15 is 0 Å². The van der Waals surface area contributed by atoms with Crippen LogP contribution in [0.15, 0.2) is 35.6 Å². The number of carbonyl (C=O) groups excluding carboxylic acids is 2. The Morgan fingerprint density at radius 3 is 3.00 bits per heavy atom. The zero-order valence-electron chi connectivity index (χ0n) is 12.6. The van der Waals surface area contributed by atoms with Gasteiger partial charge in [0.05, 0.1) is 17.0 Å². The summed E-state index contributed by atoms with van der Waals surface area (Å²) in [6.07, 6.45) is 1.50. The molecule has 0 bridgehead atoms. The van der Waals surface area contributed by atoms with Gasteiger partial charge in [0.25, 0.3) is 0 Å². The molecule has 0 aliphatic carbocycles. The van der Waals surface area contributed by atoms with E-state index in [0.29, 0.717) is 23.2 Å². The van der Waals surface area contributed by atoms with E-state index in [-0.39, 0.29) is 17.6 Å². The lowest BCUT2D eigenvalue weighted by atomic mass is 10.2. The minimum absolute atomic E-state index is 0.000999. The standard InChI is InChI=1S/C15H14N4O2S3/c20-12(16-5-6-19-13(21)8-24-15(19)22)7-23-14-10-3-1-2-4-11(10)17-9-18-14/h1-4,9H,5-8H2,(H,16,20). The molecule has 0 saturated carbocycles. The smallest absolute Gasteiger partial charge is 0.238 e. The lowest BCUT2D eigenvalue weighted by molar-refractivity contribution is -0.124. The maximum Gasteiger partial charge on any atom is 0.238 e. The van der Waals surface area contributed by atoms with Crippen molar-refractivity contribution < 1.29 is 9.59 Å². The zero-order chi connectivity index (χ0) is 16.9. The van der Waals surface area contributed by atoms with Gasteiger partial charge in [-0.1, -0.05) is 53.9 Å². The Bertz CT molecular complexity index is 778. The number of thiocarbonyl (C=S) groups is 1. The van der Waals surface area contributed by atoms with Gasteiger partial charge in [0.15, 0.2) is 0 Å². The quantitative estimate of drug-likeness (QED) is 0.466. The van der Waals surface area contributed by atoms with Crippen molar-refractivity contribution in [3.8, 4) is 0 Å². The van der Waals surface area contributed by atoms with Crippen molar-refractivity contribution in [2.75, 3.05) is 24.6 Å². The van der Waals surface area contributed by atoms with Gasteiger partial charge < -0.3 is 5.32 Å². The number of hydrogen-bond acceptors (Lipinski definition) is 7. The summed E-state index contributed by atoms with van der Waals surface area (Å²) >= 11 is 7.82. The summed E-state index contributed by atoms with van der Waals surface area (Å²) < 4.78 is 0.580. The van der Waals surface area contributed by atoms with Crippen molar-refractivity contribution in [2.45, 2.75) is 5.03 Å². The van der Waals surface area contributed by atoms with Crippen LogP contribution in [0.25, 0.3) is 10.9 Å². The van der Waals surface area contributed by atoms with Crippen LogP contribution in [-0.2, 0) is 9.59 Å². The Morgan fingerprint density at radius 2 is 2.21 bits per heavy atom. The third kappa shape index (κ3) is 4.03. The molecule has 1 N–H and O–H groups in total. The normalized spacial score (nSPS) is 14.4. The van der Waals surface area contributed by atoms with Crippen molar-refractivity contribution in [1.82, 2.24) is 20.2 Å². The summed E-state index contributed by atoms with van der Waals surface area (Å²) in [6, 6.07) is 7.69. The van der Waals surface area contributed by atoms with Crippen LogP contribution in [0, 0.1) is 0 Å². The van der Waals surface area contributed by atoms with Gasteiger partial charge in [-0.3, -0.25) is 14.5 Å². The molecule has 1 aromatic heterocycles. The zero-order valence-corrected chi connectivity index (χ0v) is 15.0. The van der Waals surface area contributed by atoms with E-state index in [1.165, 1.54) is 34.8 Å². The monoisotopic (exact) mass is 378 g/mol. The molecule has 0 unspecified atom stereocenters. The van der Waals surface area contributed by atoms with E-state index in [9.17, 15) is 9.59 Å². The summed E-state index contributed by atoms with van der Waals surface area (Å²) in [5.74, 6) is 0.548. The summed E-state index contributed by atoms with van der Waals surface area (Å²) in [6.45, 7) is 0.799. The van der Waals surface area contributed by atoms with Gasteiger partial charge in [0.1, 0.15) is 15.7 Å². The number of carbonyl (C=O) groups is 2. The van der Waals surface area contributed by atoms with E-state index < -0.39 is 0 Å².